The van der Waals surface area contributed by atoms with Crippen molar-refractivity contribution < 1.29 is 4.74 Å². The molecule has 1 aromatic rings. The summed E-state index contributed by atoms with van der Waals surface area (Å²) in [5, 5.41) is 0. The zero-order valence-electron chi connectivity index (χ0n) is 11.6. The summed E-state index contributed by atoms with van der Waals surface area (Å²) in [7, 11) is 0. The molecule has 3 unspecified atom stereocenters. The summed E-state index contributed by atoms with van der Waals surface area (Å²) in [6, 6.07) is 8.37. The van der Waals surface area contributed by atoms with Crippen LogP contribution in [0.25, 0.3) is 0 Å². The van der Waals surface area contributed by atoms with Crippen molar-refractivity contribution in [2.75, 3.05) is 6.54 Å². The van der Waals surface area contributed by atoms with Crippen LogP contribution < -0.4 is 10.5 Å². The number of hydrogen-bond acceptors (Lipinski definition) is 2. The lowest BCUT2D eigenvalue weighted by Gasteiger charge is -2.34. The fourth-order valence-electron chi connectivity index (χ4n) is 2.88. The van der Waals surface area contributed by atoms with E-state index in [1.54, 1.807) is 0 Å². The van der Waals surface area contributed by atoms with E-state index in [0.29, 0.717) is 12.0 Å². The van der Waals surface area contributed by atoms with Crippen LogP contribution in [0.15, 0.2) is 24.3 Å². The SMILES string of the molecule is CCc1ccccc1OC1CC(C)CCC1CN. The molecule has 2 nitrogen and oxygen atoms in total. The Morgan fingerprint density at radius 3 is 2.78 bits per heavy atom. The lowest BCUT2D eigenvalue weighted by Crippen LogP contribution is -2.37. The summed E-state index contributed by atoms with van der Waals surface area (Å²) in [4.78, 5) is 0. The smallest absolute Gasteiger partial charge is 0.122 e. The second-order valence-corrected chi connectivity index (χ2v) is 5.53. The van der Waals surface area contributed by atoms with Gasteiger partial charge < -0.3 is 10.5 Å². The quantitative estimate of drug-likeness (QED) is 0.885. The van der Waals surface area contributed by atoms with Gasteiger partial charge in [-0.25, -0.2) is 0 Å². The molecule has 1 aromatic carbocycles. The van der Waals surface area contributed by atoms with Crippen molar-refractivity contribution in [2.24, 2.45) is 17.6 Å². The number of aryl methyl sites for hydroxylation is 1. The normalized spacial score (nSPS) is 28.1. The number of rotatable bonds is 4. The van der Waals surface area contributed by atoms with Crippen LogP contribution in [0, 0.1) is 11.8 Å². The van der Waals surface area contributed by atoms with Crippen molar-refractivity contribution in [2.45, 2.75) is 45.6 Å². The molecule has 2 heteroatoms. The van der Waals surface area contributed by atoms with Crippen LogP contribution in [-0.4, -0.2) is 12.6 Å². The van der Waals surface area contributed by atoms with E-state index >= 15 is 0 Å². The van der Waals surface area contributed by atoms with Crippen molar-refractivity contribution >= 4 is 0 Å². The first-order chi connectivity index (χ1) is 8.74. The summed E-state index contributed by atoms with van der Waals surface area (Å²) >= 11 is 0. The molecular formula is C16H25NO. The Labute approximate surface area is 111 Å². The van der Waals surface area contributed by atoms with Crippen LogP contribution >= 0.6 is 0 Å². The molecule has 0 spiro atoms. The first-order valence-corrected chi connectivity index (χ1v) is 7.19. The summed E-state index contributed by atoms with van der Waals surface area (Å²) < 4.78 is 6.27. The minimum Gasteiger partial charge on any atom is -0.490 e. The largest absolute Gasteiger partial charge is 0.490 e. The van der Waals surface area contributed by atoms with Gasteiger partial charge in [0.05, 0.1) is 0 Å². The van der Waals surface area contributed by atoms with Gasteiger partial charge in [0, 0.05) is 5.92 Å². The molecule has 3 atom stereocenters. The van der Waals surface area contributed by atoms with Crippen molar-refractivity contribution in [3.63, 3.8) is 0 Å². The Hall–Kier alpha value is -1.02. The zero-order valence-corrected chi connectivity index (χ0v) is 11.6. The van der Waals surface area contributed by atoms with E-state index in [2.05, 4.69) is 38.1 Å². The molecule has 2 rings (SSSR count). The molecule has 1 aliphatic carbocycles. The van der Waals surface area contributed by atoms with E-state index in [0.717, 1.165) is 31.1 Å². The average Bonchev–Trinajstić information content (AvgIpc) is 2.40. The van der Waals surface area contributed by atoms with Gasteiger partial charge in [-0.05, 0) is 43.4 Å². The maximum Gasteiger partial charge on any atom is 0.122 e. The number of ether oxygens (including phenoxy) is 1. The molecule has 100 valence electrons. The summed E-state index contributed by atoms with van der Waals surface area (Å²) in [5.74, 6) is 2.33. The zero-order chi connectivity index (χ0) is 13.0. The van der Waals surface area contributed by atoms with Crippen LogP contribution in [0.4, 0.5) is 0 Å². The fourth-order valence-corrected chi connectivity index (χ4v) is 2.88. The van der Waals surface area contributed by atoms with E-state index in [1.807, 2.05) is 0 Å². The lowest BCUT2D eigenvalue weighted by atomic mass is 9.80. The number of benzene rings is 1. The van der Waals surface area contributed by atoms with Gasteiger partial charge in [0.2, 0.25) is 0 Å². The van der Waals surface area contributed by atoms with Crippen molar-refractivity contribution in [3.05, 3.63) is 29.8 Å². The highest BCUT2D eigenvalue weighted by molar-refractivity contribution is 5.33. The van der Waals surface area contributed by atoms with Gasteiger partial charge in [-0.3, -0.25) is 0 Å². The summed E-state index contributed by atoms with van der Waals surface area (Å²) in [6.07, 6.45) is 4.95. The van der Waals surface area contributed by atoms with Crippen molar-refractivity contribution in [1.82, 2.24) is 0 Å². The number of nitrogens with two attached hydrogens (primary N) is 1. The molecule has 1 fully saturated rings. The Morgan fingerprint density at radius 2 is 2.06 bits per heavy atom. The lowest BCUT2D eigenvalue weighted by molar-refractivity contribution is 0.0734. The molecule has 2 N–H and O–H groups in total. The molecule has 0 saturated heterocycles. The van der Waals surface area contributed by atoms with Gasteiger partial charge in [-0.1, -0.05) is 38.5 Å². The van der Waals surface area contributed by atoms with Crippen LogP contribution in [-0.2, 0) is 6.42 Å². The van der Waals surface area contributed by atoms with Gasteiger partial charge in [0.25, 0.3) is 0 Å². The molecule has 0 aliphatic heterocycles. The minimum absolute atomic E-state index is 0.298. The first-order valence-electron chi connectivity index (χ1n) is 7.19. The topological polar surface area (TPSA) is 35.2 Å². The molecule has 18 heavy (non-hydrogen) atoms. The van der Waals surface area contributed by atoms with Gasteiger partial charge in [0.1, 0.15) is 11.9 Å². The monoisotopic (exact) mass is 247 g/mol. The molecule has 0 aromatic heterocycles. The highest BCUT2D eigenvalue weighted by atomic mass is 16.5. The van der Waals surface area contributed by atoms with Crippen LogP contribution in [0.3, 0.4) is 0 Å². The van der Waals surface area contributed by atoms with Gasteiger partial charge in [0.15, 0.2) is 0 Å². The Kier molecular flexibility index (Phi) is 4.65. The fraction of sp³-hybridized carbons (Fsp3) is 0.625. The van der Waals surface area contributed by atoms with Gasteiger partial charge in [-0.15, -0.1) is 0 Å². The second kappa shape index (κ2) is 6.24. The van der Waals surface area contributed by atoms with Crippen LogP contribution in [0.5, 0.6) is 5.75 Å². The summed E-state index contributed by atoms with van der Waals surface area (Å²) in [6.45, 7) is 5.23. The summed E-state index contributed by atoms with van der Waals surface area (Å²) in [5.41, 5.74) is 7.18. The predicted octanol–water partition coefficient (Wildman–Crippen LogP) is 3.39. The molecular weight excluding hydrogens is 222 g/mol. The molecule has 1 saturated carbocycles. The van der Waals surface area contributed by atoms with E-state index in [-0.39, 0.29) is 0 Å². The minimum atomic E-state index is 0.298. The molecule has 0 bridgehead atoms. The van der Waals surface area contributed by atoms with E-state index in [1.165, 1.54) is 18.4 Å². The number of hydrogen-bond donors (Lipinski definition) is 1. The Balaban J connectivity index is 2.10. The van der Waals surface area contributed by atoms with E-state index in [9.17, 15) is 0 Å². The average molecular weight is 247 g/mol. The molecule has 0 radical (unpaired) electrons. The highest BCUT2D eigenvalue weighted by Crippen LogP contribution is 2.32. The van der Waals surface area contributed by atoms with Gasteiger partial charge >= 0.3 is 0 Å². The Morgan fingerprint density at radius 1 is 1.28 bits per heavy atom. The van der Waals surface area contributed by atoms with Crippen LogP contribution in [0.1, 0.15) is 38.7 Å². The standard InChI is InChI=1S/C16H25NO/c1-3-13-6-4-5-7-15(13)18-16-10-12(2)8-9-14(16)11-17/h4-7,12,14,16H,3,8-11,17H2,1-2H3. The first kappa shape index (κ1) is 13.4. The van der Waals surface area contributed by atoms with Crippen LogP contribution in [0.2, 0.25) is 0 Å². The molecule has 1 aliphatic rings. The highest BCUT2D eigenvalue weighted by Gasteiger charge is 2.29. The third kappa shape index (κ3) is 3.05. The molecule has 0 amide bonds. The van der Waals surface area contributed by atoms with Crippen molar-refractivity contribution in [3.8, 4) is 5.75 Å². The third-order valence-electron chi connectivity index (χ3n) is 4.13. The van der Waals surface area contributed by atoms with Gasteiger partial charge in [-0.2, -0.15) is 0 Å². The maximum absolute atomic E-state index is 6.27. The third-order valence-corrected chi connectivity index (χ3v) is 4.13. The van der Waals surface area contributed by atoms with E-state index < -0.39 is 0 Å². The predicted molar refractivity (Wildman–Crippen MR) is 75.8 cm³/mol. The van der Waals surface area contributed by atoms with E-state index in [4.69, 9.17) is 10.5 Å². The number of para-hydroxylation sites is 1. The molecule has 0 heterocycles. The maximum atomic E-state index is 6.27. The Bertz CT molecular complexity index is 377. The second-order valence-electron chi connectivity index (χ2n) is 5.53. The van der Waals surface area contributed by atoms with Crippen molar-refractivity contribution in [1.29, 1.82) is 0 Å².